The van der Waals surface area contributed by atoms with Crippen molar-refractivity contribution >= 4 is 21.7 Å². The van der Waals surface area contributed by atoms with Crippen molar-refractivity contribution in [1.82, 2.24) is 9.78 Å². The molecule has 2 aromatic rings. The van der Waals surface area contributed by atoms with Gasteiger partial charge in [0.25, 0.3) is 0 Å². The van der Waals surface area contributed by atoms with Crippen molar-refractivity contribution < 1.29 is 4.79 Å². The van der Waals surface area contributed by atoms with Crippen LogP contribution in [0.3, 0.4) is 0 Å². The molecule has 0 N–H and O–H groups in total. The number of hydrogen-bond acceptors (Lipinski definition) is 2. The number of Topliss-reactive ketones (excluding diaryl/α,β-unsaturated/α-hetero) is 1. The van der Waals surface area contributed by atoms with E-state index in [1.54, 1.807) is 0 Å². The lowest BCUT2D eigenvalue weighted by molar-refractivity contribution is 0.0860. The number of carbonyl (C=O) groups excluding carboxylic acids is 1. The number of para-hydroxylation sites is 1. The molecule has 19 heavy (non-hydrogen) atoms. The fraction of sp³-hybridized carbons (Fsp3) is 0.333. The van der Waals surface area contributed by atoms with Crippen LogP contribution in [0.5, 0.6) is 0 Å². The van der Waals surface area contributed by atoms with Gasteiger partial charge < -0.3 is 0 Å². The quantitative estimate of drug-likeness (QED) is 0.749. The molecule has 98 valence electrons. The van der Waals surface area contributed by atoms with E-state index in [1.165, 1.54) is 0 Å². The van der Waals surface area contributed by atoms with E-state index >= 15 is 0 Å². The maximum absolute atomic E-state index is 12.5. The lowest BCUT2D eigenvalue weighted by Crippen LogP contribution is -2.22. The molecule has 3 rings (SSSR count). The Morgan fingerprint density at radius 1 is 1.26 bits per heavy atom. The maximum atomic E-state index is 12.5. The van der Waals surface area contributed by atoms with Gasteiger partial charge in [-0.2, -0.15) is 5.10 Å². The number of fused-ring (bicyclic) bond motifs is 1. The number of hydrogen-bond donors (Lipinski definition) is 0. The first kappa shape index (κ1) is 12.6. The van der Waals surface area contributed by atoms with Crippen LogP contribution in [0.15, 0.2) is 30.3 Å². The van der Waals surface area contributed by atoms with Gasteiger partial charge in [0.05, 0.1) is 27.5 Å². The van der Waals surface area contributed by atoms with E-state index in [0.29, 0.717) is 0 Å². The number of alkyl halides is 1. The molecule has 1 aromatic heterocycles. The molecular weight excluding hydrogens is 304 g/mol. The molecule has 1 heterocycles. The molecule has 0 amide bonds. The van der Waals surface area contributed by atoms with Gasteiger partial charge in [-0.25, -0.2) is 4.68 Å². The fourth-order valence-corrected chi connectivity index (χ4v) is 3.24. The SMILES string of the molecule is Cc1nn(-c2ccccc2)c2c1C(=O)C(C)(C)C2Br. The van der Waals surface area contributed by atoms with Gasteiger partial charge in [-0.1, -0.05) is 48.0 Å². The lowest BCUT2D eigenvalue weighted by Gasteiger charge is -2.21. The summed E-state index contributed by atoms with van der Waals surface area (Å²) in [5.74, 6) is 0.170. The predicted octanol–water partition coefficient (Wildman–Crippen LogP) is 3.84. The molecular formula is C15H15BrN2O. The largest absolute Gasteiger partial charge is 0.293 e. The second-order valence-corrected chi connectivity index (χ2v) is 6.42. The van der Waals surface area contributed by atoms with E-state index in [9.17, 15) is 4.79 Å². The van der Waals surface area contributed by atoms with Gasteiger partial charge in [0.1, 0.15) is 0 Å². The van der Waals surface area contributed by atoms with E-state index < -0.39 is 5.41 Å². The molecule has 0 saturated carbocycles. The minimum Gasteiger partial charge on any atom is -0.293 e. The summed E-state index contributed by atoms with van der Waals surface area (Å²) in [7, 11) is 0. The standard InChI is InChI=1S/C15H15BrN2O/c1-9-11-12(13(16)15(2,3)14(11)19)18(17-9)10-7-5-4-6-8-10/h4-8,13H,1-3H3. The number of nitrogens with zero attached hydrogens (tertiary/aromatic N) is 2. The Morgan fingerprint density at radius 3 is 2.53 bits per heavy atom. The summed E-state index contributed by atoms with van der Waals surface area (Å²) in [4.78, 5) is 12.5. The van der Waals surface area contributed by atoms with Crippen molar-refractivity contribution in [2.45, 2.75) is 25.6 Å². The first-order valence-electron chi connectivity index (χ1n) is 6.28. The van der Waals surface area contributed by atoms with Gasteiger partial charge in [0, 0.05) is 5.41 Å². The van der Waals surface area contributed by atoms with Crippen LogP contribution in [0.4, 0.5) is 0 Å². The summed E-state index contributed by atoms with van der Waals surface area (Å²) >= 11 is 3.68. The molecule has 1 unspecified atom stereocenters. The molecule has 1 aliphatic carbocycles. The van der Waals surface area contributed by atoms with E-state index in [4.69, 9.17) is 0 Å². The number of halogens is 1. The Labute approximate surface area is 120 Å². The highest BCUT2D eigenvalue weighted by Gasteiger charge is 2.49. The Kier molecular flexibility index (Phi) is 2.68. The first-order chi connectivity index (χ1) is 8.94. The summed E-state index contributed by atoms with van der Waals surface area (Å²) in [6, 6.07) is 9.93. The topological polar surface area (TPSA) is 34.9 Å². The molecule has 0 radical (unpaired) electrons. The van der Waals surface area contributed by atoms with Crippen molar-refractivity contribution in [3.8, 4) is 5.69 Å². The van der Waals surface area contributed by atoms with Gasteiger partial charge >= 0.3 is 0 Å². The molecule has 1 atom stereocenters. The highest BCUT2D eigenvalue weighted by molar-refractivity contribution is 9.09. The second kappa shape index (κ2) is 4.04. The van der Waals surface area contributed by atoms with E-state index in [1.807, 2.05) is 55.8 Å². The monoisotopic (exact) mass is 318 g/mol. The number of carbonyl (C=O) groups is 1. The molecule has 4 heteroatoms. The predicted molar refractivity (Wildman–Crippen MR) is 78.1 cm³/mol. The Morgan fingerprint density at radius 2 is 1.89 bits per heavy atom. The summed E-state index contributed by atoms with van der Waals surface area (Å²) in [5, 5.41) is 4.53. The molecule has 0 bridgehead atoms. The van der Waals surface area contributed by atoms with Crippen molar-refractivity contribution in [2.75, 3.05) is 0 Å². The smallest absolute Gasteiger partial charge is 0.173 e. The highest BCUT2D eigenvalue weighted by Crippen LogP contribution is 2.51. The molecule has 0 saturated heterocycles. The van der Waals surface area contributed by atoms with Crippen LogP contribution in [-0.2, 0) is 0 Å². The average molecular weight is 319 g/mol. The number of ketones is 1. The van der Waals surface area contributed by atoms with E-state index in [0.717, 1.165) is 22.6 Å². The molecule has 3 nitrogen and oxygen atoms in total. The third-order valence-corrected chi connectivity index (χ3v) is 5.36. The Balaban J connectivity index is 2.26. The van der Waals surface area contributed by atoms with Gasteiger partial charge in [-0.05, 0) is 19.1 Å². The maximum Gasteiger partial charge on any atom is 0.173 e. The summed E-state index contributed by atoms with van der Waals surface area (Å²) in [6.07, 6.45) is 0. The van der Waals surface area contributed by atoms with Gasteiger partial charge in [0.15, 0.2) is 5.78 Å². The second-order valence-electron chi connectivity index (χ2n) is 5.51. The summed E-state index contributed by atoms with van der Waals surface area (Å²) < 4.78 is 1.89. The number of aromatic nitrogens is 2. The van der Waals surface area contributed by atoms with Crippen LogP contribution in [0, 0.1) is 12.3 Å². The number of rotatable bonds is 1. The molecule has 1 aromatic carbocycles. The Hall–Kier alpha value is -1.42. The molecule has 1 aliphatic rings. The Bertz CT molecular complexity index is 658. The highest BCUT2D eigenvalue weighted by atomic mass is 79.9. The van der Waals surface area contributed by atoms with Gasteiger partial charge in [-0.3, -0.25) is 4.79 Å². The van der Waals surface area contributed by atoms with Crippen LogP contribution < -0.4 is 0 Å². The third-order valence-electron chi connectivity index (χ3n) is 3.78. The van der Waals surface area contributed by atoms with E-state index in [-0.39, 0.29) is 10.6 Å². The normalized spacial score (nSPS) is 20.6. The van der Waals surface area contributed by atoms with Crippen molar-refractivity contribution in [3.63, 3.8) is 0 Å². The van der Waals surface area contributed by atoms with Crippen molar-refractivity contribution in [1.29, 1.82) is 0 Å². The van der Waals surface area contributed by atoms with Crippen molar-refractivity contribution in [2.24, 2.45) is 5.41 Å². The first-order valence-corrected chi connectivity index (χ1v) is 7.20. The summed E-state index contributed by atoms with van der Waals surface area (Å²) in [6.45, 7) is 5.85. The van der Waals surface area contributed by atoms with Gasteiger partial charge in [0.2, 0.25) is 0 Å². The zero-order valence-electron chi connectivity index (χ0n) is 11.1. The molecule has 0 fully saturated rings. The van der Waals surface area contributed by atoms with Crippen LogP contribution in [0.25, 0.3) is 5.69 Å². The zero-order chi connectivity index (χ0) is 13.8. The van der Waals surface area contributed by atoms with Gasteiger partial charge in [-0.15, -0.1) is 0 Å². The fourth-order valence-electron chi connectivity index (χ4n) is 2.60. The molecule has 0 spiro atoms. The lowest BCUT2D eigenvalue weighted by atomic mass is 9.89. The van der Waals surface area contributed by atoms with Crippen molar-refractivity contribution in [3.05, 3.63) is 47.3 Å². The summed E-state index contributed by atoms with van der Waals surface area (Å²) in [5.41, 5.74) is 3.12. The number of aryl methyl sites for hydroxylation is 1. The van der Waals surface area contributed by atoms with E-state index in [2.05, 4.69) is 21.0 Å². The van der Waals surface area contributed by atoms with Crippen LogP contribution in [0.1, 0.15) is 40.4 Å². The molecule has 0 aliphatic heterocycles. The zero-order valence-corrected chi connectivity index (χ0v) is 12.7. The average Bonchev–Trinajstić information content (AvgIpc) is 2.82. The number of benzene rings is 1. The minimum absolute atomic E-state index is 0.0103. The van der Waals surface area contributed by atoms with Crippen LogP contribution >= 0.6 is 15.9 Å². The third kappa shape index (κ3) is 1.62. The van der Waals surface area contributed by atoms with Crippen LogP contribution in [-0.4, -0.2) is 15.6 Å². The van der Waals surface area contributed by atoms with Crippen LogP contribution in [0.2, 0.25) is 0 Å². The minimum atomic E-state index is -0.422.